The molecule has 1 aromatic carbocycles. The normalized spacial score (nSPS) is 11.7. The number of benzene rings is 1. The van der Waals surface area contributed by atoms with E-state index in [1.165, 1.54) is 0 Å². The lowest BCUT2D eigenvalue weighted by molar-refractivity contribution is -0.130. The van der Waals surface area contributed by atoms with E-state index in [0.29, 0.717) is 25.9 Å². The summed E-state index contributed by atoms with van der Waals surface area (Å²) < 4.78 is 26.6. The third-order valence-corrected chi connectivity index (χ3v) is 5.04. The van der Waals surface area contributed by atoms with Gasteiger partial charge in [-0.15, -0.1) is 0 Å². The monoisotopic (exact) mass is 326 g/mol. The van der Waals surface area contributed by atoms with Crippen molar-refractivity contribution in [3.8, 4) is 0 Å². The summed E-state index contributed by atoms with van der Waals surface area (Å²) in [5.74, 6) is 0.128. The van der Waals surface area contributed by atoms with Gasteiger partial charge in [0.1, 0.15) is 0 Å². The Bertz CT molecular complexity index is 576. The summed E-state index contributed by atoms with van der Waals surface area (Å²) in [4.78, 5) is 14.0. The fourth-order valence-electron chi connectivity index (χ4n) is 2.20. The van der Waals surface area contributed by atoms with Crippen LogP contribution < -0.4 is 4.72 Å². The molecule has 0 aliphatic rings. The zero-order chi connectivity index (χ0) is 16.8. The number of aryl methyl sites for hydroxylation is 1. The van der Waals surface area contributed by atoms with Gasteiger partial charge in [0, 0.05) is 25.6 Å². The molecule has 0 heterocycles. The van der Waals surface area contributed by atoms with Gasteiger partial charge in [-0.25, -0.2) is 13.1 Å². The van der Waals surface area contributed by atoms with Gasteiger partial charge in [0.2, 0.25) is 15.9 Å². The first-order chi connectivity index (χ1) is 10.3. The summed E-state index contributed by atoms with van der Waals surface area (Å²) in [6.45, 7) is 8.92. The van der Waals surface area contributed by atoms with Crippen LogP contribution in [0, 0.1) is 0 Å². The molecule has 1 N–H and O–H groups in total. The van der Waals surface area contributed by atoms with Crippen LogP contribution in [0.15, 0.2) is 29.2 Å². The Balaban J connectivity index is 2.68. The average molecular weight is 326 g/mol. The lowest BCUT2D eigenvalue weighted by atomic mass is 10.1. The van der Waals surface area contributed by atoms with E-state index < -0.39 is 10.0 Å². The molecule has 124 valence electrons. The minimum Gasteiger partial charge on any atom is -0.343 e. The average Bonchev–Trinajstić information content (AvgIpc) is 2.45. The Kier molecular flexibility index (Phi) is 7.03. The zero-order valence-electron chi connectivity index (χ0n) is 13.8. The smallest absolute Gasteiger partial charge is 0.240 e. The Hall–Kier alpha value is -1.40. The van der Waals surface area contributed by atoms with Gasteiger partial charge in [-0.05, 0) is 51.8 Å². The van der Waals surface area contributed by atoms with Crippen molar-refractivity contribution in [1.29, 1.82) is 0 Å². The van der Waals surface area contributed by atoms with Crippen LogP contribution in [0.1, 0.15) is 39.7 Å². The largest absolute Gasteiger partial charge is 0.343 e. The quantitative estimate of drug-likeness (QED) is 0.796. The minimum absolute atomic E-state index is 0.128. The minimum atomic E-state index is -3.45. The van der Waals surface area contributed by atoms with Gasteiger partial charge in [0.05, 0.1) is 4.90 Å². The number of nitrogens with one attached hydrogen (secondary N) is 1. The summed E-state index contributed by atoms with van der Waals surface area (Å²) in [5, 5.41) is 0. The highest BCUT2D eigenvalue weighted by molar-refractivity contribution is 7.89. The molecule has 1 rings (SSSR count). The van der Waals surface area contributed by atoms with E-state index >= 15 is 0 Å². The Labute approximate surface area is 133 Å². The van der Waals surface area contributed by atoms with E-state index in [2.05, 4.69) is 4.72 Å². The predicted octanol–water partition coefficient (Wildman–Crippen LogP) is 2.17. The van der Waals surface area contributed by atoms with Gasteiger partial charge in [-0.2, -0.15) is 0 Å². The summed E-state index contributed by atoms with van der Waals surface area (Å²) in [6.07, 6.45) is 1.06. The van der Waals surface area contributed by atoms with Crippen molar-refractivity contribution in [3.05, 3.63) is 29.8 Å². The van der Waals surface area contributed by atoms with Crippen molar-refractivity contribution in [2.45, 2.75) is 51.5 Å². The highest BCUT2D eigenvalue weighted by Gasteiger charge is 2.15. The highest BCUT2D eigenvalue weighted by atomic mass is 32.2. The molecule has 6 heteroatoms. The number of hydrogen-bond donors (Lipinski definition) is 1. The second-order valence-electron chi connectivity index (χ2n) is 5.49. The molecule has 0 spiro atoms. The van der Waals surface area contributed by atoms with Crippen LogP contribution in [0.4, 0.5) is 0 Å². The first-order valence-electron chi connectivity index (χ1n) is 7.69. The molecule has 1 amide bonds. The van der Waals surface area contributed by atoms with Crippen LogP contribution in [-0.2, 0) is 21.2 Å². The SMILES string of the molecule is CCN(CC)C(=O)CCc1ccc(S(=O)(=O)NC(C)C)cc1. The van der Waals surface area contributed by atoms with E-state index in [1.807, 2.05) is 13.8 Å². The molecule has 5 nitrogen and oxygen atoms in total. The highest BCUT2D eigenvalue weighted by Crippen LogP contribution is 2.13. The van der Waals surface area contributed by atoms with Crippen molar-refractivity contribution in [3.63, 3.8) is 0 Å². The molecule has 0 radical (unpaired) electrons. The lowest BCUT2D eigenvalue weighted by Crippen LogP contribution is -2.30. The first-order valence-corrected chi connectivity index (χ1v) is 9.17. The van der Waals surface area contributed by atoms with Crippen LogP contribution >= 0.6 is 0 Å². The van der Waals surface area contributed by atoms with Gasteiger partial charge in [-0.3, -0.25) is 4.79 Å². The third-order valence-electron chi connectivity index (χ3n) is 3.37. The van der Waals surface area contributed by atoms with Crippen LogP contribution in [0.2, 0.25) is 0 Å². The van der Waals surface area contributed by atoms with Crippen LogP contribution in [0.25, 0.3) is 0 Å². The van der Waals surface area contributed by atoms with Gasteiger partial charge in [0.15, 0.2) is 0 Å². The second-order valence-corrected chi connectivity index (χ2v) is 7.20. The van der Waals surface area contributed by atoms with E-state index in [9.17, 15) is 13.2 Å². The predicted molar refractivity (Wildman–Crippen MR) is 88.1 cm³/mol. The summed E-state index contributed by atoms with van der Waals surface area (Å²) in [7, 11) is -3.45. The van der Waals surface area contributed by atoms with Crippen molar-refractivity contribution in [2.24, 2.45) is 0 Å². The summed E-state index contributed by atoms with van der Waals surface area (Å²) >= 11 is 0. The molecule has 0 unspecified atom stereocenters. The third kappa shape index (κ3) is 5.42. The maximum atomic E-state index is 12.0. The van der Waals surface area contributed by atoms with E-state index in [1.54, 1.807) is 43.0 Å². The Morgan fingerprint density at radius 2 is 1.68 bits per heavy atom. The first kappa shape index (κ1) is 18.6. The maximum Gasteiger partial charge on any atom is 0.240 e. The molecule has 0 fully saturated rings. The zero-order valence-corrected chi connectivity index (χ0v) is 14.6. The lowest BCUT2D eigenvalue weighted by Gasteiger charge is -2.18. The summed E-state index contributed by atoms with van der Waals surface area (Å²) in [6, 6.07) is 6.56. The molecule has 0 aliphatic heterocycles. The molecule has 22 heavy (non-hydrogen) atoms. The number of rotatable bonds is 8. The number of sulfonamides is 1. The van der Waals surface area contributed by atoms with E-state index in [4.69, 9.17) is 0 Å². The molecule has 0 saturated carbocycles. The molecule has 1 aromatic rings. The van der Waals surface area contributed by atoms with Crippen molar-refractivity contribution < 1.29 is 13.2 Å². The number of carbonyl (C=O) groups is 1. The second kappa shape index (κ2) is 8.29. The van der Waals surface area contributed by atoms with Gasteiger partial charge in [-0.1, -0.05) is 12.1 Å². The molecule has 0 aliphatic carbocycles. The Morgan fingerprint density at radius 3 is 2.14 bits per heavy atom. The molecule has 0 saturated heterocycles. The number of amides is 1. The van der Waals surface area contributed by atoms with E-state index in [0.717, 1.165) is 5.56 Å². The fraction of sp³-hybridized carbons (Fsp3) is 0.562. The van der Waals surface area contributed by atoms with Gasteiger partial charge < -0.3 is 4.90 Å². The number of hydrogen-bond acceptors (Lipinski definition) is 3. The summed E-state index contributed by atoms with van der Waals surface area (Å²) in [5.41, 5.74) is 0.962. The number of nitrogens with zero attached hydrogens (tertiary/aromatic N) is 1. The van der Waals surface area contributed by atoms with E-state index in [-0.39, 0.29) is 16.8 Å². The molecule has 0 bridgehead atoms. The number of carbonyl (C=O) groups excluding carboxylic acids is 1. The topological polar surface area (TPSA) is 66.5 Å². The Morgan fingerprint density at radius 1 is 1.14 bits per heavy atom. The van der Waals surface area contributed by atoms with Gasteiger partial charge in [0.25, 0.3) is 0 Å². The standard InChI is InChI=1S/C16H26N2O3S/c1-5-18(6-2)16(19)12-9-14-7-10-15(11-8-14)22(20,21)17-13(3)4/h7-8,10-11,13,17H,5-6,9,12H2,1-4H3. The molecular weight excluding hydrogens is 300 g/mol. The van der Waals surface area contributed by atoms with Gasteiger partial charge >= 0.3 is 0 Å². The van der Waals surface area contributed by atoms with Crippen LogP contribution in [0.3, 0.4) is 0 Å². The van der Waals surface area contributed by atoms with Crippen molar-refractivity contribution >= 4 is 15.9 Å². The fourth-order valence-corrected chi connectivity index (χ4v) is 3.45. The van der Waals surface area contributed by atoms with Crippen molar-refractivity contribution in [1.82, 2.24) is 9.62 Å². The maximum absolute atomic E-state index is 12.0. The molecule has 0 aromatic heterocycles. The van der Waals surface area contributed by atoms with Crippen LogP contribution in [-0.4, -0.2) is 38.4 Å². The molecular formula is C16H26N2O3S. The van der Waals surface area contributed by atoms with Crippen LogP contribution in [0.5, 0.6) is 0 Å². The molecule has 0 atom stereocenters. The van der Waals surface area contributed by atoms with Crippen molar-refractivity contribution in [2.75, 3.05) is 13.1 Å².